The fourth-order valence-corrected chi connectivity index (χ4v) is 1.35. The predicted octanol–water partition coefficient (Wildman–Crippen LogP) is 2.27. The summed E-state index contributed by atoms with van der Waals surface area (Å²) in [5, 5.41) is 3.41. The van der Waals surface area contributed by atoms with Gasteiger partial charge in [0.25, 0.3) is 0 Å². The quantitative estimate of drug-likeness (QED) is 0.633. The van der Waals surface area contributed by atoms with Gasteiger partial charge in [0.2, 0.25) is 0 Å². The zero-order valence-corrected chi connectivity index (χ0v) is 7.42. The molecule has 0 aliphatic carbocycles. The minimum atomic E-state index is 0.0500. The first-order chi connectivity index (χ1) is 5.67. The van der Waals surface area contributed by atoms with Crippen molar-refractivity contribution in [3.63, 3.8) is 0 Å². The molecule has 0 radical (unpaired) electrons. The molecule has 1 aromatic carbocycles. The van der Waals surface area contributed by atoms with E-state index in [4.69, 9.17) is 4.74 Å². The van der Waals surface area contributed by atoms with Gasteiger partial charge >= 0.3 is 0 Å². The number of benzene rings is 1. The Balaban J connectivity index is 2.35. The molecule has 0 atom stereocenters. The van der Waals surface area contributed by atoms with E-state index in [1.54, 1.807) is 0 Å². The molecule has 1 aromatic rings. The van der Waals surface area contributed by atoms with E-state index in [9.17, 15) is 0 Å². The van der Waals surface area contributed by atoms with E-state index in [1.165, 1.54) is 0 Å². The third-order valence-corrected chi connectivity index (χ3v) is 1.95. The monoisotopic (exact) mass is 163 g/mol. The Morgan fingerprint density at radius 1 is 1.33 bits per heavy atom. The molecule has 1 aliphatic heterocycles. The molecule has 2 nitrogen and oxygen atoms in total. The van der Waals surface area contributed by atoms with E-state index in [0.717, 1.165) is 18.0 Å². The maximum absolute atomic E-state index is 5.58. The second-order valence-corrected chi connectivity index (χ2v) is 3.79. The SMILES string of the molecule is CC1(C)COc2ccccc2N1. The molecule has 0 amide bonds. The number of ether oxygens (including phenoxy) is 1. The van der Waals surface area contributed by atoms with Crippen LogP contribution in [0.25, 0.3) is 0 Å². The number of para-hydroxylation sites is 2. The van der Waals surface area contributed by atoms with Crippen molar-refractivity contribution in [1.29, 1.82) is 0 Å². The van der Waals surface area contributed by atoms with Crippen molar-refractivity contribution in [3.8, 4) is 5.75 Å². The van der Waals surface area contributed by atoms with Crippen LogP contribution < -0.4 is 10.1 Å². The lowest BCUT2D eigenvalue weighted by atomic mass is 10.0. The van der Waals surface area contributed by atoms with E-state index < -0.39 is 0 Å². The second kappa shape index (κ2) is 2.41. The van der Waals surface area contributed by atoms with E-state index in [0.29, 0.717) is 0 Å². The highest BCUT2D eigenvalue weighted by Crippen LogP contribution is 2.31. The Morgan fingerprint density at radius 2 is 2.08 bits per heavy atom. The summed E-state index contributed by atoms with van der Waals surface area (Å²) >= 11 is 0. The average Bonchev–Trinajstić information content (AvgIpc) is 2.02. The number of fused-ring (bicyclic) bond motifs is 1. The summed E-state index contributed by atoms with van der Waals surface area (Å²) in [6.07, 6.45) is 0. The van der Waals surface area contributed by atoms with Crippen LogP contribution in [0.5, 0.6) is 5.75 Å². The smallest absolute Gasteiger partial charge is 0.142 e. The van der Waals surface area contributed by atoms with E-state index in [2.05, 4.69) is 19.2 Å². The molecule has 0 unspecified atom stereocenters. The number of hydrogen-bond acceptors (Lipinski definition) is 2. The summed E-state index contributed by atoms with van der Waals surface area (Å²) in [5.41, 5.74) is 1.14. The van der Waals surface area contributed by atoms with Crippen LogP contribution in [0.1, 0.15) is 13.8 Å². The Hall–Kier alpha value is -1.18. The first-order valence-electron chi connectivity index (χ1n) is 4.17. The molecule has 0 saturated carbocycles. The van der Waals surface area contributed by atoms with Gasteiger partial charge in [-0.25, -0.2) is 0 Å². The highest BCUT2D eigenvalue weighted by molar-refractivity contribution is 5.59. The highest BCUT2D eigenvalue weighted by atomic mass is 16.5. The number of anilines is 1. The molecule has 1 heterocycles. The van der Waals surface area contributed by atoms with Crippen LogP contribution in [0.15, 0.2) is 24.3 Å². The van der Waals surface area contributed by atoms with Crippen LogP contribution in [-0.4, -0.2) is 12.1 Å². The Kier molecular flexibility index (Phi) is 1.50. The van der Waals surface area contributed by atoms with Gasteiger partial charge in [0, 0.05) is 0 Å². The molecule has 12 heavy (non-hydrogen) atoms. The lowest BCUT2D eigenvalue weighted by molar-refractivity contribution is 0.242. The molecule has 1 N–H and O–H groups in total. The topological polar surface area (TPSA) is 21.3 Å². The average molecular weight is 163 g/mol. The van der Waals surface area contributed by atoms with Gasteiger partial charge in [0.1, 0.15) is 12.4 Å². The van der Waals surface area contributed by atoms with Gasteiger partial charge in [0.15, 0.2) is 0 Å². The van der Waals surface area contributed by atoms with Crippen LogP contribution in [0.4, 0.5) is 5.69 Å². The minimum absolute atomic E-state index is 0.0500. The molecular formula is C10H13NO. The van der Waals surface area contributed by atoms with Crippen molar-refractivity contribution in [2.75, 3.05) is 11.9 Å². The zero-order chi connectivity index (χ0) is 8.60. The van der Waals surface area contributed by atoms with Gasteiger partial charge in [-0.1, -0.05) is 12.1 Å². The predicted molar refractivity (Wildman–Crippen MR) is 49.6 cm³/mol. The number of nitrogens with one attached hydrogen (secondary N) is 1. The van der Waals surface area contributed by atoms with E-state index >= 15 is 0 Å². The first kappa shape index (κ1) is 7.47. The molecule has 64 valence electrons. The first-order valence-corrected chi connectivity index (χ1v) is 4.17. The van der Waals surface area contributed by atoms with Crippen LogP contribution in [0.3, 0.4) is 0 Å². The number of hydrogen-bond donors (Lipinski definition) is 1. The zero-order valence-electron chi connectivity index (χ0n) is 7.42. The lowest BCUT2D eigenvalue weighted by Crippen LogP contribution is -2.40. The van der Waals surface area contributed by atoms with Crippen LogP contribution in [-0.2, 0) is 0 Å². The lowest BCUT2D eigenvalue weighted by Gasteiger charge is -2.33. The second-order valence-electron chi connectivity index (χ2n) is 3.79. The maximum atomic E-state index is 5.58. The van der Waals surface area contributed by atoms with Gasteiger partial charge in [-0.05, 0) is 26.0 Å². The van der Waals surface area contributed by atoms with E-state index in [1.807, 2.05) is 24.3 Å². The standard InChI is InChI=1S/C10H13NO/c1-10(2)7-12-9-6-4-3-5-8(9)11-10/h3-6,11H,7H2,1-2H3. The highest BCUT2D eigenvalue weighted by Gasteiger charge is 2.24. The van der Waals surface area contributed by atoms with Crippen molar-refractivity contribution < 1.29 is 4.74 Å². The van der Waals surface area contributed by atoms with Crippen molar-refractivity contribution in [3.05, 3.63) is 24.3 Å². The molecule has 0 bridgehead atoms. The molecule has 2 heteroatoms. The van der Waals surface area contributed by atoms with Crippen molar-refractivity contribution in [2.45, 2.75) is 19.4 Å². The molecule has 0 saturated heterocycles. The van der Waals surface area contributed by atoms with Crippen LogP contribution in [0.2, 0.25) is 0 Å². The normalized spacial score (nSPS) is 18.8. The summed E-state index contributed by atoms with van der Waals surface area (Å²) in [4.78, 5) is 0. The van der Waals surface area contributed by atoms with E-state index in [-0.39, 0.29) is 5.54 Å². The molecule has 0 fully saturated rings. The molecule has 0 spiro atoms. The minimum Gasteiger partial charge on any atom is -0.489 e. The van der Waals surface area contributed by atoms with Gasteiger partial charge < -0.3 is 10.1 Å². The number of rotatable bonds is 0. The largest absolute Gasteiger partial charge is 0.489 e. The Morgan fingerprint density at radius 3 is 2.92 bits per heavy atom. The summed E-state index contributed by atoms with van der Waals surface area (Å²) in [7, 11) is 0. The Labute approximate surface area is 72.5 Å². The summed E-state index contributed by atoms with van der Waals surface area (Å²) in [6.45, 7) is 4.98. The molecular weight excluding hydrogens is 150 g/mol. The van der Waals surface area contributed by atoms with Gasteiger partial charge in [-0.3, -0.25) is 0 Å². The molecule has 2 rings (SSSR count). The fourth-order valence-electron chi connectivity index (χ4n) is 1.35. The maximum Gasteiger partial charge on any atom is 0.142 e. The van der Waals surface area contributed by atoms with Crippen molar-refractivity contribution in [1.82, 2.24) is 0 Å². The van der Waals surface area contributed by atoms with Crippen LogP contribution >= 0.6 is 0 Å². The van der Waals surface area contributed by atoms with Crippen molar-refractivity contribution >= 4 is 5.69 Å². The fraction of sp³-hybridized carbons (Fsp3) is 0.400. The van der Waals surface area contributed by atoms with Gasteiger partial charge in [-0.2, -0.15) is 0 Å². The van der Waals surface area contributed by atoms with Gasteiger partial charge in [0.05, 0.1) is 11.2 Å². The summed E-state index contributed by atoms with van der Waals surface area (Å²) in [5.74, 6) is 0.955. The molecule has 0 aromatic heterocycles. The van der Waals surface area contributed by atoms with Gasteiger partial charge in [-0.15, -0.1) is 0 Å². The summed E-state index contributed by atoms with van der Waals surface area (Å²) < 4.78 is 5.58. The third-order valence-electron chi connectivity index (χ3n) is 1.95. The Bertz CT molecular complexity index is 294. The third kappa shape index (κ3) is 1.24. The van der Waals surface area contributed by atoms with Crippen LogP contribution in [0, 0.1) is 0 Å². The summed E-state index contributed by atoms with van der Waals surface area (Å²) in [6, 6.07) is 8.02. The molecule has 1 aliphatic rings. The van der Waals surface area contributed by atoms with Crippen molar-refractivity contribution in [2.24, 2.45) is 0 Å².